The van der Waals surface area contributed by atoms with Crippen LogP contribution >= 0.6 is 27.5 Å². The Bertz CT molecular complexity index is 1260. The number of ether oxygens (including phenoxy) is 1. The minimum atomic E-state index is -0.519. The largest absolute Gasteiger partial charge is 0.486 e. The Hall–Kier alpha value is -3.69. The van der Waals surface area contributed by atoms with Crippen LogP contribution in [0, 0.1) is 10.1 Å². The summed E-state index contributed by atoms with van der Waals surface area (Å²) in [6.07, 6.45) is 1.46. The van der Waals surface area contributed by atoms with E-state index in [1.807, 2.05) is 6.07 Å². The van der Waals surface area contributed by atoms with Gasteiger partial charge in [-0.25, -0.2) is 5.01 Å². The summed E-state index contributed by atoms with van der Waals surface area (Å²) in [6.45, 7) is 0.143. The van der Waals surface area contributed by atoms with Gasteiger partial charge in [-0.1, -0.05) is 29.8 Å². The predicted octanol–water partition coefficient (Wildman–Crippen LogP) is 5.05. The molecule has 8 nitrogen and oxygen atoms in total. The highest BCUT2D eigenvalue weighted by Crippen LogP contribution is 2.36. The Morgan fingerprint density at radius 1 is 1.09 bits per heavy atom. The van der Waals surface area contributed by atoms with Crippen molar-refractivity contribution in [3.05, 3.63) is 103 Å². The number of nitrogens with one attached hydrogen (secondary N) is 1. The van der Waals surface area contributed by atoms with Gasteiger partial charge in [-0.2, -0.15) is 0 Å². The van der Waals surface area contributed by atoms with E-state index in [2.05, 4.69) is 21.4 Å². The second-order valence-corrected chi connectivity index (χ2v) is 8.26. The Kier molecular flexibility index (Phi) is 6.43. The van der Waals surface area contributed by atoms with Gasteiger partial charge in [0.2, 0.25) is 0 Å². The van der Waals surface area contributed by atoms with Crippen molar-refractivity contribution < 1.29 is 19.2 Å². The third-order valence-corrected chi connectivity index (χ3v) is 5.64. The van der Waals surface area contributed by atoms with E-state index in [4.69, 9.17) is 16.3 Å². The minimum Gasteiger partial charge on any atom is -0.486 e. The molecule has 0 unspecified atom stereocenters. The van der Waals surface area contributed by atoms with Crippen LogP contribution in [-0.2, 0) is 16.2 Å². The number of halogens is 2. The summed E-state index contributed by atoms with van der Waals surface area (Å²) in [5.41, 5.74) is 4.32. The SMILES string of the molecule is O=C1NN(c2ccccc2)C(=O)/C1=C\c1cc(Cl)c(OCc2ccc([N+](=O)[O-])cc2)c(Br)c1. The number of non-ortho nitro benzene ring substituents is 1. The molecule has 33 heavy (non-hydrogen) atoms. The molecule has 4 rings (SSSR count). The average molecular weight is 529 g/mol. The highest BCUT2D eigenvalue weighted by atomic mass is 79.9. The fourth-order valence-electron chi connectivity index (χ4n) is 3.15. The number of hydrogen-bond acceptors (Lipinski definition) is 5. The van der Waals surface area contributed by atoms with Gasteiger partial charge in [-0.05, 0) is 69.5 Å². The Morgan fingerprint density at radius 2 is 1.79 bits per heavy atom. The van der Waals surface area contributed by atoms with Crippen LogP contribution in [-0.4, -0.2) is 16.7 Å². The van der Waals surface area contributed by atoms with E-state index < -0.39 is 16.7 Å². The third kappa shape index (κ3) is 4.89. The molecule has 1 aliphatic heterocycles. The lowest BCUT2D eigenvalue weighted by molar-refractivity contribution is -0.384. The molecule has 0 radical (unpaired) electrons. The Balaban J connectivity index is 1.52. The summed E-state index contributed by atoms with van der Waals surface area (Å²) < 4.78 is 6.29. The summed E-state index contributed by atoms with van der Waals surface area (Å²) in [6, 6.07) is 18.0. The van der Waals surface area contributed by atoms with E-state index in [-0.39, 0.29) is 22.9 Å². The quantitative estimate of drug-likeness (QED) is 0.209. The van der Waals surface area contributed by atoms with Crippen molar-refractivity contribution in [2.24, 2.45) is 0 Å². The lowest BCUT2D eigenvalue weighted by Gasteiger charge is -2.14. The van der Waals surface area contributed by atoms with Crippen LogP contribution in [0.2, 0.25) is 5.02 Å². The van der Waals surface area contributed by atoms with E-state index >= 15 is 0 Å². The number of hydrazine groups is 1. The molecule has 1 aliphatic rings. The molecular weight excluding hydrogens is 514 g/mol. The lowest BCUT2D eigenvalue weighted by Crippen LogP contribution is -2.35. The minimum absolute atomic E-state index is 0.00770. The van der Waals surface area contributed by atoms with E-state index in [0.717, 1.165) is 5.56 Å². The fourth-order valence-corrected chi connectivity index (χ4v) is 4.14. The molecule has 166 valence electrons. The van der Waals surface area contributed by atoms with Gasteiger partial charge < -0.3 is 4.74 Å². The highest BCUT2D eigenvalue weighted by molar-refractivity contribution is 9.10. The van der Waals surface area contributed by atoms with Crippen molar-refractivity contribution in [3.63, 3.8) is 0 Å². The van der Waals surface area contributed by atoms with Gasteiger partial charge in [0, 0.05) is 12.1 Å². The van der Waals surface area contributed by atoms with Crippen LogP contribution in [0.1, 0.15) is 11.1 Å². The Labute approximate surface area is 201 Å². The number of nitro groups is 1. The molecule has 0 aromatic heterocycles. The average Bonchev–Trinajstić information content (AvgIpc) is 3.08. The molecule has 1 N–H and O–H groups in total. The summed E-state index contributed by atoms with van der Waals surface area (Å²) in [5.74, 6) is -0.628. The van der Waals surface area contributed by atoms with Gasteiger partial charge in [0.1, 0.15) is 12.2 Å². The Morgan fingerprint density at radius 3 is 2.42 bits per heavy atom. The maximum atomic E-state index is 12.7. The van der Waals surface area contributed by atoms with Crippen molar-refractivity contribution in [1.29, 1.82) is 0 Å². The fraction of sp³-hybridized carbons (Fsp3) is 0.0435. The molecule has 10 heteroatoms. The molecule has 0 saturated carbocycles. The van der Waals surface area contributed by atoms with Crippen LogP contribution in [0.15, 0.2) is 76.8 Å². The molecule has 3 aromatic rings. The molecule has 2 amide bonds. The van der Waals surface area contributed by atoms with Crippen LogP contribution < -0.4 is 15.2 Å². The van der Waals surface area contributed by atoms with Crippen molar-refractivity contribution in [2.75, 3.05) is 5.01 Å². The van der Waals surface area contributed by atoms with Crippen molar-refractivity contribution in [2.45, 2.75) is 6.61 Å². The van der Waals surface area contributed by atoms with Crippen molar-refractivity contribution in [1.82, 2.24) is 5.43 Å². The second-order valence-electron chi connectivity index (χ2n) is 7.00. The number of carbonyl (C=O) groups excluding carboxylic acids is 2. The molecule has 0 aliphatic carbocycles. The third-order valence-electron chi connectivity index (χ3n) is 4.77. The summed E-state index contributed by atoms with van der Waals surface area (Å²) in [4.78, 5) is 35.4. The first-order chi connectivity index (χ1) is 15.8. The molecular formula is C23H15BrClN3O5. The van der Waals surface area contributed by atoms with Crippen LogP contribution in [0.3, 0.4) is 0 Å². The number of hydrogen-bond donors (Lipinski definition) is 1. The molecule has 3 aromatic carbocycles. The lowest BCUT2D eigenvalue weighted by atomic mass is 10.1. The van der Waals surface area contributed by atoms with Gasteiger partial charge in [-0.3, -0.25) is 25.1 Å². The van der Waals surface area contributed by atoms with Crippen LogP contribution in [0.4, 0.5) is 11.4 Å². The molecule has 0 atom stereocenters. The molecule has 1 fully saturated rings. The van der Waals surface area contributed by atoms with Gasteiger partial charge in [0.15, 0.2) is 5.75 Å². The molecule has 1 heterocycles. The van der Waals surface area contributed by atoms with E-state index in [1.165, 1.54) is 23.2 Å². The molecule has 1 saturated heterocycles. The van der Waals surface area contributed by atoms with E-state index in [1.54, 1.807) is 48.5 Å². The topological polar surface area (TPSA) is 102 Å². The zero-order valence-electron chi connectivity index (χ0n) is 16.8. The second kappa shape index (κ2) is 9.43. The van der Waals surface area contributed by atoms with Gasteiger partial charge in [-0.15, -0.1) is 0 Å². The predicted molar refractivity (Wildman–Crippen MR) is 127 cm³/mol. The number of para-hydroxylation sites is 1. The first-order valence-electron chi connectivity index (χ1n) is 9.61. The zero-order chi connectivity index (χ0) is 23.5. The maximum Gasteiger partial charge on any atom is 0.282 e. The summed E-state index contributed by atoms with van der Waals surface area (Å²) in [7, 11) is 0. The van der Waals surface area contributed by atoms with Gasteiger partial charge in [0.05, 0.1) is 20.1 Å². The zero-order valence-corrected chi connectivity index (χ0v) is 19.2. The number of amides is 2. The monoisotopic (exact) mass is 527 g/mol. The standard InChI is InChI=1S/C23H15BrClN3O5/c24-19-11-15(10-18-22(29)26-27(23(18)30)16-4-2-1-3-5-16)12-20(25)21(19)33-13-14-6-8-17(9-7-14)28(31)32/h1-12H,13H2,(H,26,29)/b18-10-. The van der Waals surface area contributed by atoms with Crippen LogP contribution in [0.5, 0.6) is 5.75 Å². The number of benzene rings is 3. The smallest absolute Gasteiger partial charge is 0.282 e. The summed E-state index contributed by atoms with van der Waals surface area (Å²) in [5, 5.41) is 12.2. The van der Waals surface area contributed by atoms with Gasteiger partial charge in [0.25, 0.3) is 17.5 Å². The highest BCUT2D eigenvalue weighted by Gasteiger charge is 2.34. The molecule has 0 spiro atoms. The van der Waals surface area contributed by atoms with Crippen LogP contribution in [0.25, 0.3) is 6.08 Å². The molecule has 0 bridgehead atoms. The number of carbonyl (C=O) groups is 2. The number of nitrogens with zero attached hydrogens (tertiary/aromatic N) is 2. The van der Waals surface area contributed by atoms with E-state index in [0.29, 0.717) is 21.5 Å². The maximum absolute atomic E-state index is 12.7. The number of rotatable bonds is 6. The normalized spacial score (nSPS) is 14.5. The summed E-state index contributed by atoms with van der Waals surface area (Å²) >= 11 is 9.79. The van der Waals surface area contributed by atoms with Crippen molar-refractivity contribution >= 4 is 56.8 Å². The number of anilines is 1. The van der Waals surface area contributed by atoms with Crippen molar-refractivity contribution in [3.8, 4) is 5.75 Å². The van der Waals surface area contributed by atoms with Gasteiger partial charge >= 0.3 is 0 Å². The van der Waals surface area contributed by atoms with E-state index in [9.17, 15) is 19.7 Å². The first-order valence-corrected chi connectivity index (χ1v) is 10.8. The number of nitro benzene ring substituents is 1. The first kappa shape index (κ1) is 22.5.